The second-order valence-electron chi connectivity index (χ2n) is 4.42. The van der Waals surface area contributed by atoms with E-state index in [9.17, 15) is 0 Å². The number of benzene rings is 1. The Morgan fingerprint density at radius 2 is 1.68 bits per heavy atom. The molecular formula is C14H24N2O3. The third-order valence-electron chi connectivity index (χ3n) is 3.28. The van der Waals surface area contributed by atoms with Crippen LogP contribution in [0.1, 0.15) is 31.4 Å². The summed E-state index contributed by atoms with van der Waals surface area (Å²) in [6.45, 7) is 2.03. The molecule has 2 unspecified atom stereocenters. The maximum absolute atomic E-state index is 5.68. The largest absolute Gasteiger partial charge is 0.496 e. The average Bonchev–Trinajstić information content (AvgIpc) is 2.47. The van der Waals surface area contributed by atoms with E-state index in [-0.39, 0.29) is 12.1 Å². The predicted octanol–water partition coefficient (Wildman–Crippen LogP) is 2.02. The standard InChI is InChI=1S/C14H24N2O3/c1-10(17-2)8-9-11(16-15)14-12(18-3)6-5-7-13(14)19-4/h5-7,10-11,16H,8-9,15H2,1-4H3. The smallest absolute Gasteiger partial charge is 0.127 e. The molecule has 0 radical (unpaired) electrons. The van der Waals surface area contributed by atoms with Crippen LogP contribution in [-0.4, -0.2) is 27.4 Å². The van der Waals surface area contributed by atoms with Crippen LogP contribution in [0.2, 0.25) is 0 Å². The zero-order valence-corrected chi connectivity index (χ0v) is 12.1. The highest BCUT2D eigenvalue weighted by Crippen LogP contribution is 2.35. The first kappa shape index (κ1) is 15.8. The van der Waals surface area contributed by atoms with E-state index >= 15 is 0 Å². The molecule has 19 heavy (non-hydrogen) atoms. The quantitative estimate of drug-likeness (QED) is 0.558. The number of nitrogens with one attached hydrogen (secondary N) is 1. The van der Waals surface area contributed by atoms with Crippen LogP contribution in [-0.2, 0) is 4.74 Å². The summed E-state index contributed by atoms with van der Waals surface area (Å²) in [5.41, 5.74) is 3.77. The van der Waals surface area contributed by atoms with Gasteiger partial charge in [0.15, 0.2) is 0 Å². The van der Waals surface area contributed by atoms with Crippen molar-refractivity contribution in [2.45, 2.75) is 31.9 Å². The van der Waals surface area contributed by atoms with Gasteiger partial charge in [0, 0.05) is 7.11 Å². The molecule has 0 spiro atoms. The van der Waals surface area contributed by atoms with Crippen LogP contribution in [0.4, 0.5) is 0 Å². The third-order valence-corrected chi connectivity index (χ3v) is 3.28. The Kier molecular flexibility index (Phi) is 6.62. The van der Waals surface area contributed by atoms with Crippen molar-refractivity contribution in [3.63, 3.8) is 0 Å². The van der Waals surface area contributed by atoms with Crippen LogP contribution in [0.5, 0.6) is 11.5 Å². The van der Waals surface area contributed by atoms with E-state index in [2.05, 4.69) is 5.43 Å². The molecule has 108 valence electrons. The highest BCUT2D eigenvalue weighted by molar-refractivity contribution is 5.46. The molecule has 0 aromatic heterocycles. The van der Waals surface area contributed by atoms with E-state index in [1.165, 1.54) is 0 Å². The summed E-state index contributed by atoms with van der Waals surface area (Å²) in [4.78, 5) is 0. The van der Waals surface area contributed by atoms with Gasteiger partial charge in [-0.05, 0) is 31.9 Å². The predicted molar refractivity (Wildman–Crippen MR) is 75.3 cm³/mol. The van der Waals surface area contributed by atoms with Crippen molar-refractivity contribution in [1.82, 2.24) is 5.43 Å². The summed E-state index contributed by atoms with van der Waals surface area (Å²) in [7, 11) is 4.99. The van der Waals surface area contributed by atoms with Gasteiger partial charge in [-0.25, -0.2) is 0 Å². The number of hydrazine groups is 1. The van der Waals surface area contributed by atoms with E-state index in [4.69, 9.17) is 20.1 Å². The highest BCUT2D eigenvalue weighted by atomic mass is 16.5. The first-order chi connectivity index (χ1) is 9.17. The molecule has 0 heterocycles. The van der Waals surface area contributed by atoms with Gasteiger partial charge in [-0.15, -0.1) is 0 Å². The molecular weight excluding hydrogens is 244 g/mol. The summed E-state index contributed by atoms with van der Waals surface area (Å²) < 4.78 is 16.1. The monoisotopic (exact) mass is 268 g/mol. The molecule has 0 aliphatic heterocycles. The first-order valence-corrected chi connectivity index (χ1v) is 6.37. The maximum atomic E-state index is 5.68. The fourth-order valence-electron chi connectivity index (χ4n) is 2.05. The van der Waals surface area contributed by atoms with Crippen LogP contribution >= 0.6 is 0 Å². The number of nitrogens with two attached hydrogens (primary N) is 1. The lowest BCUT2D eigenvalue weighted by Crippen LogP contribution is -2.29. The molecule has 0 aliphatic rings. The summed E-state index contributed by atoms with van der Waals surface area (Å²) >= 11 is 0. The lowest BCUT2D eigenvalue weighted by Gasteiger charge is -2.22. The number of rotatable bonds is 8. The number of ether oxygens (including phenoxy) is 3. The van der Waals surface area contributed by atoms with Crippen molar-refractivity contribution < 1.29 is 14.2 Å². The first-order valence-electron chi connectivity index (χ1n) is 6.37. The molecule has 0 saturated carbocycles. The number of methoxy groups -OCH3 is 3. The van der Waals surface area contributed by atoms with Crippen LogP contribution in [0.15, 0.2) is 18.2 Å². The zero-order chi connectivity index (χ0) is 14.3. The second-order valence-corrected chi connectivity index (χ2v) is 4.42. The minimum Gasteiger partial charge on any atom is -0.496 e. The van der Waals surface area contributed by atoms with Crippen molar-refractivity contribution in [2.24, 2.45) is 5.84 Å². The molecule has 0 bridgehead atoms. The van der Waals surface area contributed by atoms with Crippen LogP contribution in [0.25, 0.3) is 0 Å². The molecule has 5 heteroatoms. The minimum absolute atomic E-state index is 0.0382. The molecule has 1 aromatic carbocycles. The lowest BCUT2D eigenvalue weighted by molar-refractivity contribution is 0.106. The number of hydrogen-bond donors (Lipinski definition) is 2. The summed E-state index contributed by atoms with van der Waals surface area (Å²) in [6.07, 6.45) is 1.92. The van der Waals surface area contributed by atoms with Crippen LogP contribution < -0.4 is 20.7 Å². The molecule has 3 N–H and O–H groups in total. The van der Waals surface area contributed by atoms with E-state index in [1.54, 1.807) is 21.3 Å². The van der Waals surface area contributed by atoms with Crippen molar-refractivity contribution in [2.75, 3.05) is 21.3 Å². The van der Waals surface area contributed by atoms with Gasteiger partial charge in [-0.1, -0.05) is 6.07 Å². The second kappa shape index (κ2) is 7.99. The zero-order valence-electron chi connectivity index (χ0n) is 12.1. The molecule has 1 rings (SSSR count). The molecule has 2 atom stereocenters. The Labute approximate surface area is 115 Å². The normalized spacial score (nSPS) is 13.9. The minimum atomic E-state index is -0.0382. The Bertz CT molecular complexity index is 363. The van der Waals surface area contributed by atoms with Gasteiger partial charge >= 0.3 is 0 Å². The topological polar surface area (TPSA) is 65.7 Å². The van der Waals surface area contributed by atoms with Gasteiger partial charge in [0.1, 0.15) is 11.5 Å². The van der Waals surface area contributed by atoms with Crippen molar-refractivity contribution in [3.8, 4) is 11.5 Å². The Morgan fingerprint density at radius 1 is 1.11 bits per heavy atom. The summed E-state index contributed by atoms with van der Waals surface area (Å²) in [5, 5.41) is 0. The van der Waals surface area contributed by atoms with Crippen LogP contribution in [0.3, 0.4) is 0 Å². The van der Waals surface area contributed by atoms with E-state index in [1.807, 2.05) is 25.1 Å². The Morgan fingerprint density at radius 3 is 2.11 bits per heavy atom. The molecule has 0 fully saturated rings. The van der Waals surface area contributed by atoms with Crippen molar-refractivity contribution >= 4 is 0 Å². The lowest BCUT2D eigenvalue weighted by atomic mass is 9.99. The molecule has 0 aliphatic carbocycles. The maximum Gasteiger partial charge on any atom is 0.127 e. The van der Waals surface area contributed by atoms with Gasteiger partial charge in [0.05, 0.1) is 31.9 Å². The van der Waals surface area contributed by atoms with Gasteiger partial charge in [-0.3, -0.25) is 11.3 Å². The van der Waals surface area contributed by atoms with Crippen molar-refractivity contribution in [1.29, 1.82) is 0 Å². The Hall–Kier alpha value is -1.30. The molecule has 5 nitrogen and oxygen atoms in total. The van der Waals surface area contributed by atoms with Gasteiger partial charge < -0.3 is 14.2 Å². The van der Waals surface area contributed by atoms with Gasteiger partial charge in [0.2, 0.25) is 0 Å². The van der Waals surface area contributed by atoms with Crippen LogP contribution in [0, 0.1) is 0 Å². The third kappa shape index (κ3) is 4.09. The number of hydrogen-bond acceptors (Lipinski definition) is 5. The highest BCUT2D eigenvalue weighted by Gasteiger charge is 2.20. The molecule has 1 aromatic rings. The average molecular weight is 268 g/mol. The summed E-state index contributed by atoms with van der Waals surface area (Å²) in [5.74, 6) is 7.22. The fraction of sp³-hybridized carbons (Fsp3) is 0.571. The summed E-state index contributed by atoms with van der Waals surface area (Å²) in [6, 6.07) is 5.67. The fourth-order valence-corrected chi connectivity index (χ4v) is 2.05. The SMILES string of the molecule is COc1cccc(OC)c1C(CCC(C)OC)NN. The molecule has 0 amide bonds. The van der Waals surface area contributed by atoms with Gasteiger partial charge in [-0.2, -0.15) is 0 Å². The van der Waals surface area contributed by atoms with Crippen molar-refractivity contribution in [3.05, 3.63) is 23.8 Å². The van der Waals surface area contributed by atoms with E-state index in [0.717, 1.165) is 29.9 Å². The van der Waals surface area contributed by atoms with Gasteiger partial charge in [0.25, 0.3) is 0 Å². The Balaban J connectivity index is 2.95. The molecule has 0 saturated heterocycles. The van der Waals surface area contributed by atoms with E-state index in [0.29, 0.717) is 0 Å². The van der Waals surface area contributed by atoms with E-state index < -0.39 is 0 Å².